The fourth-order valence-corrected chi connectivity index (χ4v) is 11.6. The molecule has 0 spiro atoms. The zero-order chi connectivity index (χ0) is 66.8. The van der Waals surface area contributed by atoms with E-state index < -0.39 is 124 Å². The molecule has 3 aliphatic heterocycles. The highest BCUT2D eigenvalue weighted by Gasteiger charge is 2.53. The smallest absolute Gasteiger partial charge is 0.220 e. The molecule has 0 bridgehead atoms. The maximum Gasteiger partial charge on any atom is 0.220 e. The van der Waals surface area contributed by atoms with Crippen LogP contribution in [0.15, 0.2) is 85.1 Å². The molecule has 3 rings (SSSR count). The summed E-state index contributed by atoms with van der Waals surface area (Å²) in [4.78, 5) is 13.4. The summed E-state index contributed by atoms with van der Waals surface area (Å²) in [6.45, 7) is 1.55. The average molecular weight is 1310 g/mol. The van der Waals surface area contributed by atoms with Crippen molar-refractivity contribution in [2.24, 2.45) is 0 Å². The van der Waals surface area contributed by atoms with Crippen LogP contribution in [-0.2, 0) is 33.2 Å². The molecule has 532 valence electrons. The van der Waals surface area contributed by atoms with E-state index in [9.17, 15) is 61.0 Å². The predicted molar refractivity (Wildman–Crippen MR) is 360 cm³/mol. The SMILES string of the molecule is CC/C=C\C/C=C\C/C=C\C/C=C\C/C=C\CCCCCCCCCCCCCCCCCCCCCCCC(=O)NC(COC1OC(CO)C(OC2OC(CO)C(OC3OC(CO)C(O)C(O)C3O)C(O)C2O)C(O)C1O)C(O)/C=C/CC/C=C/CCCCCC. The monoisotopic (exact) mass is 1310 g/mol. The Labute approximate surface area is 552 Å². The lowest BCUT2D eigenvalue weighted by Crippen LogP contribution is -2.66. The van der Waals surface area contributed by atoms with E-state index in [-0.39, 0.29) is 18.9 Å². The number of nitrogens with one attached hydrogen (secondary N) is 1. The third-order valence-electron chi connectivity index (χ3n) is 17.4. The highest BCUT2D eigenvalue weighted by atomic mass is 16.8. The standard InChI is InChI=1S/C73H127NO18/c1-3-5-7-9-11-13-15-16-17-18-19-20-21-22-23-24-25-26-27-28-29-30-31-32-33-34-35-36-37-38-39-40-41-43-45-47-49-51-61(79)74-56(57(78)50-48-46-44-42-14-12-10-8-6-4-2)55-87-71-67(85)64(82)69(59(53-76)89-71)92-73-68(86)65(83)70(60(54-77)90-73)91-72-66(84)63(81)62(80)58(52-75)88-72/h5,7,11,13-14,16-17,19-20,22-23,42,48,50,56-60,62-73,75-78,80-86H,3-4,6,8-10,12,15,18,21,24-41,43-47,49,51-55H2,1-2H3,(H,74,79)/b7-5-,13-11-,17-16-,20-19-,23-22-,42-14+,50-48+. The zero-order valence-corrected chi connectivity index (χ0v) is 56.3. The largest absolute Gasteiger partial charge is 0.394 e. The van der Waals surface area contributed by atoms with Crippen molar-refractivity contribution in [3.05, 3.63) is 85.1 Å². The molecule has 1 amide bonds. The second kappa shape index (κ2) is 54.0. The van der Waals surface area contributed by atoms with Crippen LogP contribution in [0.2, 0.25) is 0 Å². The van der Waals surface area contributed by atoms with Crippen LogP contribution in [0.1, 0.15) is 239 Å². The maximum atomic E-state index is 13.4. The first kappa shape index (κ1) is 83.2. The molecule has 3 heterocycles. The molecular formula is C73H127NO18. The quantitative estimate of drug-likeness (QED) is 0.0199. The molecular weight excluding hydrogens is 1180 g/mol. The van der Waals surface area contributed by atoms with Gasteiger partial charge in [-0.05, 0) is 77.0 Å². The molecule has 0 radical (unpaired) electrons. The lowest BCUT2D eigenvalue weighted by atomic mass is 9.96. The molecule has 12 N–H and O–H groups in total. The highest BCUT2D eigenvalue weighted by Crippen LogP contribution is 2.33. The van der Waals surface area contributed by atoms with E-state index in [1.165, 1.54) is 135 Å². The molecule has 0 aromatic heterocycles. The molecule has 0 aromatic carbocycles. The molecule has 92 heavy (non-hydrogen) atoms. The summed E-state index contributed by atoms with van der Waals surface area (Å²) in [6.07, 6.45) is 43.3. The van der Waals surface area contributed by atoms with Gasteiger partial charge in [-0.25, -0.2) is 0 Å². The Morgan fingerprint density at radius 2 is 0.761 bits per heavy atom. The van der Waals surface area contributed by atoms with Crippen LogP contribution in [0.25, 0.3) is 0 Å². The first-order chi connectivity index (χ1) is 44.8. The number of rotatable bonds is 54. The molecule has 3 fully saturated rings. The van der Waals surface area contributed by atoms with E-state index in [2.05, 4.69) is 92.1 Å². The lowest BCUT2D eigenvalue weighted by Gasteiger charge is -2.48. The fraction of sp³-hybridized carbons (Fsp3) is 0.795. The Hall–Kier alpha value is -3.03. The first-order valence-electron chi connectivity index (χ1n) is 35.8. The number of hydrogen-bond donors (Lipinski definition) is 12. The molecule has 0 aliphatic carbocycles. The van der Waals surface area contributed by atoms with Crippen LogP contribution in [0.5, 0.6) is 0 Å². The van der Waals surface area contributed by atoms with E-state index in [1.807, 2.05) is 6.08 Å². The molecule has 3 saturated heterocycles. The Bertz CT molecular complexity index is 2000. The van der Waals surface area contributed by atoms with Gasteiger partial charge in [-0.1, -0.05) is 240 Å². The van der Waals surface area contributed by atoms with E-state index in [0.717, 1.165) is 70.6 Å². The predicted octanol–water partition coefficient (Wildman–Crippen LogP) is 9.88. The van der Waals surface area contributed by atoms with Gasteiger partial charge in [-0.15, -0.1) is 0 Å². The number of hydrogen-bond acceptors (Lipinski definition) is 18. The van der Waals surface area contributed by atoms with Crippen LogP contribution < -0.4 is 5.32 Å². The van der Waals surface area contributed by atoms with Crippen molar-refractivity contribution in [3.63, 3.8) is 0 Å². The van der Waals surface area contributed by atoms with E-state index in [1.54, 1.807) is 6.08 Å². The van der Waals surface area contributed by atoms with Crippen molar-refractivity contribution in [1.29, 1.82) is 0 Å². The summed E-state index contributed by atoms with van der Waals surface area (Å²) in [5, 5.41) is 120. The van der Waals surface area contributed by atoms with Crippen LogP contribution in [0, 0.1) is 0 Å². The van der Waals surface area contributed by atoms with Gasteiger partial charge in [-0.2, -0.15) is 0 Å². The van der Waals surface area contributed by atoms with Crippen LogP contribution >= 0.6 is 0 Å². The van der Waals surface area contributed by atoms with Gasteiger partial charge in [0.25, 0.3) is 0 Å². The molecule has 19 heteroatoms. The second-order valence-electron chi connectivity index (χ2n) is 25.3. The summed E-state index contributed by atoms with van der Waals surface area (Å²) in [5.41, 5.74) is 0. The molecule has 19 nitrogen and oxygen atoms in total. The molecule has 17 unspecified atom stereocenters. The van der Waals surface area contributed by atoms with Gasteiger partial charge in [0, 0.05) is 6.42 Å². The summed E-state index contributed by atoms with van der Waals surface area (Å²) in [6, 6.07) is -0.990. The van der Waals surface area contributed by atoms with Crippen molar-refractivity contribution in [2.45, 2.75) is 343 Å². The second-order valence-corrected chi connectivity index (χ2v) is 25.3. The van der Waals surface area contributed by atoms with Crippen molar-refractivity contribution < 1.29 is 89.4 Å². The molecule has 3 aliphatic rings. The van der Waals surface area contributed by atoms with Crippen molar-refractivity contribution in [1.82, 2.24) is 5.32 Å². The number of carbonyl (C=O) groups is 1. The van der Waals surface area contributed by atoms with E-state index in [0.29, 0.717) is 12.8 Å². The Morgan fingerprint density at radius 1 is 0.402 bits per heavy atom. The van der Waals surface area contributed by atoms with Gasteiger partial charge in [0.2, 0.25) is 5.91 Å². The highest BCUT2D eigenvalue weighted by molar-refractivity contribution is 5.76. The van der Waals surface area contributed by atoms with Gasteiger partial charge < -0.3 is 89.9 Å². The van der Waals surface area contributed by atoms with Crippen LogP contribution in [-0.4, -0.2) is 193 Å². The summed E-state index contributed by atoms with van der Waals surface area (Å²) in [5.74, 6) is -0.287. The Kier molecular flexibility index (Phi) is 48.9. The van der Waals surface area contributed by atoms with Gasteiger partial charge in [0.05, 0.1) is 38.6 Å². The summed E-state index contributed by atoms with van der Waals surface area (Å²) >= 11 is 0. The Morgan fingerprint density at radius 3 is 1.22 bits per heavy atom. The van der Waals surface area contributed by atoms with Gasteiger partial charge in [0.1, 0.15) is 73.2 Å². The number of ether oxygens (including phenoxy) is 6. The Balaban J connectivity index is 1.30. The molecule has 0 saturated carbocycles. The minimum Gasteiger partial charge on any atom is -0.394 e. The number of aliphatic hydroxyl groups excluding tert-OH is 11. The third kappa shape index (κ3) is 35.3. The minimum atomic E-state index is -1.98. The number of amides is 1. The lowest BCUT2D eigenvalue weighted by molar-refractivity contribution is -0.379. The number of carbonyl (C=O) groups excluding carboxylic acids is 1. The van der Waals surface area contributed by atoms with Gasteiger partial charge in [0.15, 0.2) is 18.9 Å². The number of aliphatic hydroxyl groups is 11. The van der Waals surface area contributed by atoms with Crippen molar-refractivity contribution in [3.8, 4) is 0 Å². The topological polar surface area (TPSA) is 307 Å². The maximum absolute atomic E-state index is 13.4. The van der Waals surface area contributed by atoms with E-state index >= 15 is 0 Å². The van der Waals surface area contributed by atoms with Crippen LogP contribution in [0.4, 0.5) is 0 Å². The van der Waals surface area contributed by atoms with Crippen molar-refractivity contribution in [2.75, 3.05) is 26.4 Å². The van der Waals surface area contributed by atoms with Crippen molar-refractivity contribution >= 4 is 5.91 Å². The first-order valence-corrected chi connectivity index (χ1v) is 35.8. The number of unbranched alkanes of at least 4 members (excludes halogenated alkanes) is 26. The average Bonchev–Trinajstić information content (AvgIpc) is 0.799. The fourth-order valence-electron chi connectivity index (χ4n) is 11.6. The van der Waals surface area contributed by atoms with E-state index in [4.69, 9.17) is 28.4 Å². The minimum absolute atomic E-state index is 0.234. The normalized spacial score (nSPS) is 28.2. The molecule has 17 atom stereocenters. The van der Waals surface area contributed by atoms with Gasteiger partial charge >= 0.3 is 0 Å². The van der Waals surface area contributed by atoms with Gasteiger partial charge in [-0.3, -0.25) is 4.79 Å². The van der Waals surface area contributed by atoms with Crippen LogP contribution in [0.3, 0.4) is 0 Å². The third-order valence-corrected chi connectivity index (χ3v) is 17.4. The number of allylic oxidation sites excluding steroid dienone is 13. The summed E-state index contributed by atoms with van der Waals surface area (Å²) in [7, 11) is 0. The summed E-state index contributed by atoms with van der Waals surface area (Å²) < 4.78 is 34.2. The molecule has 0 aromatic rings. The zero-order valence-electron chi connectivity index (χ0n) is 56.3.